The van der Waals surface area contributed by atoms with E-state index in [0.717, 1.165) is 5.57 Å². The number of hydrogen-bond acceptors (Lipinski definition) is 7. The minimum Gasteiger partial charge on any atom is -0.462 e. The van der Waals surface area contributed by atoms with E-state index in [4.69, 9.17) is 4.74 Å². The van der Waals surface area contributed by atoms with Crippen LogP contribution >= 0.6 is 0 Å². The lowest BCUT2D eigenvalue weighted by atomic mass is 9.84. The number of ether oxygens (including phenoxy) is 1. The van der Waals surface area contributed by atoms with Crippen LogP contribution in [-0.2, 0) is 9.53 Å². The van der Waals surface area contributed by atoms with Crippen molar-refractivity contribution in [3.8, 4) is 0 Å². The number of rotatable bonds is 13. The van der Waals surface area contributed by atoms with Crippen molar-refractivity contribution in [1.29, 1.82) is 0 Å². The zero-order valence-corrected chi connectivity index (χ0v) is 15.6. The van der Waals surface area contributed by atoms with Gasteiger partial charge in [-0.25, -0.2) is 4.79 Å². The van der Waals surface area contributed by atoms with Crippen LogP contribution in [0.3, 0.4) is 0 Å². The Morgan fingerprint density at radius 2 is 1.36 bits per heavy atom. The van der Waals surface area contributed by atoms with Gasteiger partial charge >= 0.3 is 5.97 Å². The second kappa shape index (κ2) is 11.6. The van der Waals surface area contributed by atoms with Crippen molar-refractivity contribution in [1.82, 2.24) is 0 Å². The molecule has 0 fully saturated rings. The lowest BCUT2D eigenvalue weighted by Gasteiger charge is -2.28. The van der Waals surface area contributed by atoms with Crippen molar-refractivity contribution in [2.24, 2.45) is 10.8 Å². The second-order valence-electron chi connectivity index (χ2n) is 7.05. The molecule has 0 aliphatic heterocycles. The van der Waals surface area contributed by atoms with Gasteiger partial charge in [0.2, 0.25) is 0 Å². The van der Waals surface area contributed by atoms with Crippen LogP contribution in [0.4, 0.5) is 0 Å². The zero-order valence-electron chi connectivity index (χ0n) is 15.6. The summed E-state index contributed by atoms with van der Waals surface area (Å²) in [6.45, 7) is 3.77. The van der Waals surface area contributed by atoms with Crippen LogP contribution in [0.25, 0.3) is 0 Å². The highest BCUT2D eigenvalue weighted by atomic mass is 16.5. The summed E-state index contributed by atoms with van der Waals surface area (Å²) < 4.78 is 5.30. The molecule has 0 saturated carbocycles. The molecule has 0 atom stereocenters. The molecule has 25 heavy (non-hydrogen) atoms. The first-order valence-electron chi connectivity index (χ1n) is 8.67. The normalized spacial score (nSPS) is 12.2. The van der Waals surface area contributed by atoms with Gasteiger partial charge in [-0.1, -0.05) is 12.5 Å². The standard InChI is InChI=1S/C18H34O7/c1-4-17(8-19,9-20)13-25-16(24)15(14(2)3)6-5-7-18(10-21,11-22)12-23/h19-23H,4-13H2,1-3H3. The fourth-order valence-electron chi connectivity index (χ4n) is 2.36. The third-order valence-electron chi connectivity index (χ3n) is 4.92. The molecule has 7 nitrogen and oxygen atoms in total. The summed E-state index contributed by atoms with van der Waals surface area (Å²) in [5.74, 6) is -0.498. The summed E-state index contributed by atoms with van der Waals surface area (Å²) in [4.78, 5) is 12.4. The van der Waals surface area contributed by atoms with E-state index >= 15 is 0 Å². The molecule has 0 aliphatic carbocycles. The molecule has 0 rings (SSSR count). The van der Waals surface area contributed by atoms with Crippen LogP contribution < -0.4 is 0 Å². The summed E-state index contributed by atoms with van der Waals surface area (Å²) in [6, 6.07) is 0. The maximum Gasteiger partial charge on any atom is 0.333 e. The molecular formula is C18H34O7. The van der Waals surface area contributed by atoms with Crippen LogP contribution in [-0.4, -0.2) is 71.1 Å². The van der Waals surface area contributed by atoms with Gasteiger partial charge in [0.25, 0.3) is 0 Å². The third kappa shape index (κ3) is 7.03. The summed E-state index contributed by atoms with van der Waals surface area (Å²) >= 11 is 0. The van der Waals surface area contributed by atoms with E-state index in [0.29, 0.717) is 31.3 Å². The Morgan fingerprint density at radius 3 is 1.72 bits per heavy atom. The van der Waals surface area contributed by atoms with Crippen LogP contribution in [0.1, 0.15) is 46.5 Å². The number of aliphatic hydroxyl groups excluding tert-OH is 5. The van der Waals surface area contributed by atoms with Gasteiger partial charge in [-0.15, -0.1) is 0 Å². The predicted octanol–water partition coefficient (Wildman–Crippen LogP) is 0.381. The Hall–Kier alpha value is -0.990. The quantitative estimate of drug-likeness (QED) is 0.237. The molecule has 0 spiro atoms. The smallest absolute Gasteiger partial charge is 0.333 e. The largest absolute Gasteiger partial charge is 0.462 e. The van der Waals surface area contributed by atoms with Gasteiger partial charge in [0.05, 0.1) is 38.4 Å². The molecule has 0 aromatic rings. The second-order valence-corrected chi connectivity index (χ2v) is 7.05. The maximum absolute atomic E-state index is 12.4. The van der Waals surface area contributed by atoms with Crippen LogP contribution in [0.2, 0.25) is 0 Å². The van der Waals surface area contributed by atoms with Crippen molar-refractivity contribution >= 4 is 5.97 Å². The molecule has 0 amide bonds. The predicted molar refractivity (Wildman–Crippen MR) is 93.8 cm³/mol. The molecule has 0 unspecified atom stereocenters. The van der Waals surface area contributed by atoms with Gasteiger partial charge in [-0.05, 0) is 39.5 Å². The highest BCUT2D eigenvalue weighted by Gasteiger charge is 2.30. The highest BCUT2D eigenvalue weighted by molar-refractivity contribution is 5.89. The Labute approximate surface area is 149 Å². The number of aliphatic hydroxyl groups is 5. The van der Waals surface area contributed by atoms with Crippen LogP contribution in [0.5, 0.6) is 0 Å². The Kier molecular flexibility index (Phi) is 11.1. The number of carbonyl (C=O) groups is 1. The van der Waals surface area contributed by atoms with Gasteiger partial charge in [-0.3, -0.25) is 0 Å². The lowest BCUT2D eigenvalue weighted by Crippen LogP contribution is -2.35. The fraction of sp³-hybridized carbons (Fsp3) is 0.833. The van der Waals surface area contributed by atoms with Gasteiger partial charge in [0.15, 0.2) is 0 Å². The summed E-state index contributed by atoms with van der Waals surface area (Å²) in [5.41, 5.74) is -0.518. The molecule has 7 heteroatoms. The van der Waals surface area contributed by atoms with E-state index in [2.05, 4.69) is 0 Å². The molecular weight excluding hydrogens is 328 g/mol. The number of esters is 1. The van der Waals surface area contributed by atoms with E-state index in [9.17, 15) is 30.3 Å². The first-order chi connectivity index (χ1) is 11.8. The number of carbonyl (C=O) groups excluding carboxylic acids is 1. The molecule has 0 aliphatic rings. The lowest BCUT2D eigenvalue weighted by molar-refractivity contribution is -0.145. The highest BCUT2D eigenvalue weighted by Crippen LogP contribution is 2.26. The van der Waals surface area contributed by atoms with E-state index in [1.807, 2.05) is 0 Å². The van der Waals surface area contributed by atoms with Gasteiger partial charge in [0, 0.05) is 11.0 Å². The fourth-order valence-corrected chi connectivity index (χ4v) is 2.36. The van der Waals surface area contributed by atoms with Crippen molar-refractivity contribution < 1.29 is 35.1 Å². The summed E-state index contributed by atoms with van der Waals surface area (Å²) in [5, 5.41) is 46.9. The average molecular weight is 362 g/mol. The van der Waals surface area contributed by atoms with Crippen molar-refractivity contribution in [3.05, 3.63) is 11.1 Å². The topological polar surface area (TPSA) is 127 Å². The Balaban J connectivity index is 4.82. The molecule has 5 N–H and O–H groups in total. The Morgan fingerprint density at radius 1 is 0.880 bits per heavy atom. The SMILES string of the molecule is CCC(CO)(CO)COC(=O)C(CCCC(CO)(CO)CO)=C(C)C. The monoisotopic (exact) mass is 362 g/mol. The molecule has 0 bridgehead atoms. The third-order valence-corrected chi connectivity index (χ3v) is 4.92. The Bertz CT molecular complexity index is 403. The number of allylic oxidation sites excluding steroid dienone is 1. The first-order valence-corrected chi connectivity index (χ1v) is 8.67. The molecule has 0 heterocycles. The van der Waals surface area contributed by atoms with Crippen molar-refractivity contribution in [2.75, 3.05) is 39.6 Å². The molecule has 0 saturated heterocycles. The minimum absolute atomic E-state index is 0.0695. The molecule has 0 aromatic heterocycles. The van der Waals surface area contributed by atoms with Gasteiger partial charge in [-0.2, -0.15) is 0 Å². The van der Waals surface area contributed by atoms with E-state index < -0.39 is 16.8 Å². The maximum atomic E-state index is 12.4. The average Bonchev–Trinajstić information content (AvgIpc) is 2.63. The number of hydrogen-bond donors (Lipinski definition) is 5. The van der Waals surface area contributed by atoms with E-state index in [1.54, 1.807) is 20.8 Å². The summed E-state index contributed by atoms with van der Waals surface area (Å²) in [6.07, 6.45) is 1.73. The van der Waals surface area contributed by atoms with Crippen LogP contribution in [0.15, 0.2) is 11.1 Å². The van der Waals surface area contributed by atoms with Crippen molar-refractivity contribution in [2.45, 2.75) is 46.5 Å². The van der Waals surface area contributed by atoms with E-state index in [-0.39, 0.29) is 39.6 Å². The van der Waals surface area contributed by atoms with Gasteiger partial charge < -0.3 is 30.3 Å². The van der Waals surface area contributed by atoms with Gasteiger partial charge in [0.1, 0.15) is 6.61 Å². The van der Waals surface area contributed by atoms with Crippen molar-refractivity contribution in [3.63, 3.8) is 0 Å². The first kappa shape index (κ1) is 24.0. The molecule has 148 valence electrons. The molecule has 0 aromatic carbocycles. The molecule has 0 radical (unpaired) electrons. The van der Waals surface area contributed by atoms with Crippen LogP contribution in [0, 0.1) is 10.8 Å². The zero-order chi connectivity index (χ0) is 19.5. The van der Waals surface area contributed by atoms with E-state index in [1.165, 1.54) is 0 Å². The summed E-state index contributed by atoms with van der Waals surface area (Å²) in [7, 11) is 0. The minimum atomic E-state index is -0.957.